The van der Waals surface area contributed by atoms with Gasteiger partial charge in [0.2, 0.25) is 10.0 Å². The Bertz CT molecular complexity index is 802. The van der Waals surface area contributed by atoms with Crippen LogP contribution in [0.2, 0.25) is 5.02 Å². The van der Waals surface area contributed by atoms with E-state index in [9.17, 15) is 8.42 Å². The van der Waals surface area contributed by atoms with E-state index in [1.165, 1.54) is 0 Å². The largest absolute Gasteiger partial charge is 0.329 e. The van der Waals surface area contributed by atoms with Crippen LogP contribution in [-0.4, -0.2) is 56.9 Å². The number of hydrogen-bond donors (Lipinski definition) is 1. The lowest BCUT2D eigenvalue weighted by Crippen LogP contribution is -2.49. The lowest BCUT2D eigenvalue weighted by molar-refractivity contribution is 0.193. The van der Waals surface area contributed by atoms with Gasteiger partial charge < -0.3 is 5.73 Å². The van der Waals surface area contributed by atoms with Crippen molar-refractivity contribution in [2.45, 2.75) is 4.90 Å². The fraction of sp³-hybridized carbons (Fsp3) is 0.375. The van der Waals surface area contributed by atoms with Gasteiger partial charge in [-0.25, -0.2) is 8.42 Å². The summed E-state index contributed by atoms with van der Waals surface area (Å²) >= 11 is 6.19. The third kappa shape index (κ3) is 3.22. The van der Waals surface area contributed by atoms with Gasteiger partial charge in [0, 0.05) is 55.1 Å². The molecular weight excluding hydrogens is 334 g/mol. The number of rotatable bonds is 4. The van der Waals surface area contributed by atoms with Gasteiger partial charge in [0.1, 0.15) is 0 Å². The van der Waals surface area contributed by atoms with E-state index >= 15 is 0 Å². The van der Waals surface area contributed by atoms with Crippen molar-refractivity contribution in [2.75, 3.05) is 39.3 Å². The molecule has 5 nitrogen and oxygen atoms in total. The molecule has 1 aliphatic rings. The minimum Gasteiger partial charge on any atom is -0.329 e. The molecule has 0 radical (unpaired) electrons. The molecule has 0 amide bonds. The van der Waals surface area contributed by atoms with E-state index in [0.29, 0.717) is 48.0 Å². The molecule has 0 spiro atoms. The quantitative estimate of drug-likeness (QED) is 0.909. The van der Waals surface area contributed by atoms with Crippen LogP contribution in [0.5, 0.6) is 0 Å². The van der Waals surface area contributed by atoms with E-state index in [2.05, 4.69) is 4.90 Å². The summed E-state index contributed by atoms with van der Waals surface area (Å²) < 4.78 is 27.6. The van der Waals surface area contributed by atoms with Crippen molar-refractivity contribution in [1.82, 2.24) is 9.21 Å². The lowest BCUT2D eigenvalue weighted by Gasteiger charge is -2.33. The number of nitrogens with two attached hydrogens (primary N) is 1. The summed E-state index contributed by atoms with van der Waals surface area (Å²) in [5, 5.41) is 1.99. The minimum absolute atomic E-state index is 0.324. The SMILES string of the molecule is NCCN1CCN(S(=O)(=O)c2cccc3c(Cl)cccc23)CC1. The maximum atomic E-state index is 13.0. The molecule has 0 aliphatic carbocycles. The Morgan fingerprint density at radius 1 is 1.00 bits per heavy atom. The summed E-state index contributed by atoms with van der Waals surface area (Å²) in [5.41, 5.74) is 5.56. The van der Waals surface area contributed by atoms with E-state index < -0.39 is 10.0 Å². The Morgan fingerprint density at radius 2 is 1.65 bits per heavy atom. The van der Waals surface area contributed by atoms with Crippen LogP contribution >= 0.6 is 11.6 Å². The van der Waals surface area contributed by atoms with Crippen LogP contribution in [-0.2, 0) is 10.0 Å². The number of halogens is 1. The molecule has 23 heavy (non-hydrogen) atoms. The van der Waals surface area contributed by atoms with Crippen LogP contribution in [0.15, 0.2) is 41.3 Å². The zero-order valence-corrected chi connectivity index (χ0v) is 14.4. The third-order valence-corrected chi connectivity index (χ3v) is 6.51. The first-order valence-corrected chi connectivity index (χ1v) is 9.45. The molecule has 124 valence electrons. The first-order valence-electron chi connectivity index (χ1n) is 7.64. The fourth-order valence-electron chi connectivity index (χ4n) is 2.98. The molecule has 1 fully saturated rings. The number of sulfonamides is 1. The van der Waals surface area contributed by atoms with Crippen molar-refractivity contribution in [3.8, 4) is 0 Å². The molecule has 0 unspecified atom stereocenters. The van der Waals surface area contributed by atoms with E-state index in [-0.39, 0.29) is 0 Å². The number of piperazine rings is 1. The normalized spacial score (nSPS) is 17.7. The average Bonchev–Trinajstić information content (AvgIpc) is 2.55. The summed E-state index contributed by atoms with van der Waals surface area (Å²) in [5.74, 6) is 0. The lowest BCUT2D eigenvalue weighted by atomic mass is 10.1. The topological polar surface area (TPSA) is 66.6 Å². The minimum atomic E-state index is -3.53. The van der Waals surface area contributed by atoms with Gasteiger partial charge in [0.05, 0.1) is 4.90 Å². The molecular formula is C16H20ClN3O2S. The van der Waals surface area contributed by atoms with Crippen LogP contribution in [0, 0.1) is 0 Å². The molecule has 0 bridgehead atoms. The Labute approximate surface area is 141 Å². The van der Waals surface area contributed by atoms with Gasteiger partial charge in [-0.1, -0.05) is 35.9 Å². The maximum absolute atomic E-state index is 13.0. The van der Waals surface area contributed by atoms with Gasteiger partial charge >= 0.3 is 0 Å². The molecule has 1 aliphatic heterocycles. The average molecular weight is 354 g/mol. The Hall–Kier alpha value is -1.18. The first-order chi connectivity index (χ1) is 11.0. The van der Waals surface area contributed by atoms with E-state index in [4.69, 9.17) is 17.3 Å². The summed E-state index contributed by atoms with van der Waals surface area (Å²) in [6, 6.07) is 10.6. The molecule has 1 heterocycles. The summed E-state index contributed by atoms with van der Waals surface area (Å²) in [6.07, 6.45) is 0. The van der Waals surface area contributed by atoms with E-state index in [0.717, 1.165) is 11.9 Å². The molecule has 3 rings (SSSR count). The van der Waals surface area contributed by atoms with Gasteiger partial charge in [0.15, 0.2) is 0 Å². The molecule has 2 N–H and O–H groups in total. The predicted octanol–water partition coefficient (Wildman–Crippen LogP) is 1.76. The fourth-order valence-corrected chi connectivity index (χ4v) is 4.85. The number of nitrogens with zero attached hydrogens (tertiary/aromatic N) is 2. The monoisotopic (exact) mass is 353 g/mol. The van der Waals surface area contributed by atoms with Crippen LogP contribution < -0.4 is 5.73 Å². The van der Waals surface area contributed by atoms with Crippen molar-refractivity contribution in [3.63, 3.8) is 0 Å². The highest BCUT2D eigenvalue weighted by Crippen LogP contribution is 2.30. The molecule has 2 aromatic rings. The summed E-state index contributed by atoms with van der Waals surface area (Å²) in [7, 11) is -3.53. The van der Waals surface area contributed by atoms with E-state index in [1.807, 2.05) is 6.07 Å². The molecule has 2 aromatic carbocycles. The first kappa shape index (κ1) is 16.7. The van der Waals surface area contributed by atoms with Gasteiger partial charge in [-0.2, -0.15) is 4.31 Å². The number of hydrogen-bond acceptors (Lipinski definition) is 4. The summed E-state index contributed by atoms with van der Waals surface area (Å²) in [4.78, 5) is 2.51. The second kappa shape index (κ2) is 6.75. The maximum Gasteiger partial charge on any atom is 0.243 e. The Kier molecular flexibility index (Phi) is 4.89. The Morgan fingerprint density at radius 3 is 2.35 bits per heavy atom. The van der Waals surface area contributed by atoms with Gasteiger partial charge in [-0.3, -0.25) is 4.90 Å². The Balaban J connectivity index is 1.94. The zero-order chi connectivity index (χ0) is 16.4. The third-order valence-electron chi connectivity index (χ3n) is 4.22. The van der Waals surface area contributed by atoms with Gasteiger partial charge in [-0.15, -0.1) is 0 Å². The van der Waals surface area contributed by atoms with Crippen molar-refractivity contribution in [3.05, 3.63) is 41.4 Å². The highest BCUT2D eigenvalue weighted by molar-refractivity contribution is 7.89. The van der Waals surface area contributed by atoms with Crippen LogP contribution in [0.4, 0.5) is 0 Å². The zero-order valence-electron chi connectivity index (χ0n) is 12.8. The highest BCUT2D eigenvalue weighted by Gasteiger charge is 2.29. The molecule has 7 heteroatoms. The van der Waals surface area contributed by atoms with Crippen molar-refractivity contribution in [2.24, 2.45) is 5.73 Å². The van der Waals surface area contributed by atoms with Crippen LogP contribution in [0.1, 0.15) is 0 Å². The van der Waals surface area contributed by atoms with Gasteiger partial charge in [-0.05, 0) is 12.1 Å². The number of fused-ring (bicyclic) bond motifs is 1. The molecule has 0 atom stereocenters. The van der Waals surface area contributed by atoms with Crippen molar-refractivity contribution >= 4 is 32.4 Å². The van der Waals surface area contributed by atoms with Crippen LogP contribution in [0.3, 0.4) is 0 Å². The molecule has 1 saturated heterocycles. The number of benzene rings is 2. The standard InChI is InChI=1S/C16H20ClN3O2S/c17-15-5-1-4-14-13(15)3-2-6-16(14)23(21,22)20-11-9-19(8-7-18)10-12-20/h1-6H,7-12,18H2. The predicted molar refractivity (Wildman–Crippen MR) is 93.2 cm³/mol. The van der Waals surface area contributed by atoms with Crippen molar-refractivity contribution < 1.29 is 8.42 Å². The van der Waals surface area contributed by atoms with Crippen LogP contribution in [0.25, 0.3) is 10.8 Å². The highest BCUT2D eigenvalue weighted by atomic mass is 35.5. The second-order valence-electron chi connectivity index (χ2n) is 5.63. The summed E-state index contributed by atoms with van der Waals surface area (Å²) in [6.45, 7) is 3.79. The molecule has 0 aromatic heterocycles. The van der Waals surface area contributed by atoms with Crippen molar-refractivity contribution in [1.29, 1.82) is 0 Å². The second-order valence-corrected chi connectivity index (χ2v) is 7.94. The van der Waals surface area contributed by atoms with E-state index in [1.54, 1.807) is 34.6 Å². The molecule has 0 saturated carbocycles. The smallest absolute Gasteiger partial charge is 0.243 e. The van der Waals surface area contributed by atoms with Gasteiger partial charge in [0.25, 0.3) is 0 Å².